The molecule has 4 amide bonds. The summed E-state index contributed by atoms with van der Waals surface area (Å²) >= 11 is 0. The third-order valence-electron chi connectivity index (χ3n) is 4.58. The molecule has 172 valence electrons. The Morgan fingerprint density at radius 3 is 2.61 bits per heavy atom. The van der Waals surface area contributed by atoms with Crippen LogP contribution < -0.4 is 20.1 Å². The Kier molecular flexibility index (Phi) is 6.91. The van der Waals surface area contributed by atoms with Gasteiger partial charge in [-0.05, 0) is 31.2 Å². The normalized spacial score (nSPS) is 15.2. The van der Waals surface area contributed by atoms with Crippen LogP contribution in [0.1, 0.15) is 12.5 Å². The molecule has 0 aliphatic carbocycles. The van der Waals surface area contributed by atoms with E-state index in [-0.39, 0.29) is 28.4 Å². The van der Waals surface area contributed by atoms with Gasteiger partial charge in [-0.25, -0.2) is 18.9 Å². The number of nitrogens with zero attached hydrogens (tertiary/aromatic N) is 1. The summed E-state index contributed by atoms with van der Waals surface area (Å²) < 4.78 is 24.4. The zero-order chi connectivity index (χ0) is 24.1. The number of benzene rings is 2. The Labute approximate surface area is 187 Å². The van der Waals surface area contributed by atoms with Crippen molar-refractivity contribution in [3.05, 3.63) is 59.5 Å². The van der Waals surface area contributed by atoms with Gasteiger partial charge >= 0.3 is 12.0 Å². The molecule has 11 heteroatoms. The third-order valence-corrected chi connectivity index (χ3v) is 4.58. The molecule has 1 heterocycles. The van der Waals surface area contributed by atoms with Crippen molar-refractivity contribution < 1.29 is 38.1 Å². The lowest BCUT2D eigenvalue weighted by Gasteiger charge is -2.16. The number of methoxy groups -OCH3 is 1. The maximum absolute atomic E-state index is 13.7. The second-order valence-corrected chi connectivity index (χ2v) is 6.88. The quantitative estimate of drug-likeness (QED) is 0.409. The van der Waals surface area contributed by atoms with Crippen molar-refractivity contribution in [1.29, 1.82) is 0 Å². The van der Waals surface area contributed by atoms with Gasteiger partial charge in [0.25, 0.3) is 5.91 Å². The number of para-hydroxylation sites is 2. The molecule has 0 aromatic heterocycles. The van der Waals surface area contributed by atoms with Crippen molar-refractivity contribution >= 4 is 35.6 Å². The number of anilines is 1. The molecule has 3 rings (SSSR count). The molecular formula is C22H20FN3O7. The van der Waals surface area contributed by atoms with E-state index in [1.54, 1.807) is 12.1 Å². The van der Waals surface area contributed by atoms with Gasteiger partial charge in [-0.1, -0.05) is 24.3 Å². The van der Waals surface area contributed by atoms with Gasteiger partial charge in [0.15, 0.2) is 17.6 Å². The topological polar surface area (TPSA) is 134 Å². The number of aliphatic carboxylic acids is 1. The van der Waals surface area contributed by atoms with Gasteiger partial charge in [0, 0.05) is 5.56 Å². The van der Waals surface area contributed by atoms with Crippen LogP contribution in [-0.2, 0) is 14.4 Å². The number of carbonyl (C=O) groups is 4. The zero-order valence-electron chi connectivity index (χ0n) is 17.6. The SMILES string of the molecule is COc1cccc(/C=C2\NC(=O)N(CC(=O)Nc3ccccc3F)C2=O)c1O[C@H](C)C(=O)O. The van der Waals surface area contributed by atoms with Gasteiger partial charge in [-0.2, -0.15) is 0 Å². The van der Waals surface area contributed by atoms with Crippen LogP contribution in [0.15, 0.2) is 48.2 Å². The molecule has 0 saturated carbocycles. The van der Waals surface area contributed by atoms with E-state index in [4.69, 9.17) is 14.6 Å². The first-order chi connectivity index (χ1) is 15.7. The molecular weight excluding hydrogens is 437 g/mol. The van der Waals surface area contributed by atoms with Crippen molar-refractivity contribution in [2.45, 2.75) is 13.0 Å². The number of halogens is 1. The molecule has 1 atom stereocenters. The maximum atomic E-state index is 13.7. The summed E-state index contributed by atoms with van der Waals surface area (Å²) in [6.45, 7) is 0.679. The lowest BCUT2D eigenvalue weighted by atomic mass is 10.1. The standard InChI is InChI=1S/C22H20FN3O7/c1-12(21(29)30)33-19-13(6-5-9-17(19)32-2)10-16-20(28)26(22(31)25-16)11-18(27)24-15-8-4-3-7-14(15)23/h3-10,12H,11H2,1-2H3,(H,24,27)(H,25,31)(H,29,30)/b16-10-/t12-/m1/s1. The summed E-state index contributed by atoms with van der Waals surface area (Å²) in [4.78, 5) is 49.1. The largest absolute Gasteiger partial charge is 0.493 e. The summed E-state index contributed by atoms with van der Waals surface area (Å²) in [7, 11) is 1.36. The summed E-state index contributed by atoms with van der Waals surface area (Å²) in [5, 5.41) is 13.8. The number of imide groups is 1. The number of carbonyl (C=O) groups excluding carboxylic acids is 3. The fourth-order valence-electron chi connectivity index (χ4n) is 2.93. The summed E-state index contributed by atoms with van der Waals surface area (Å²) in [5.74, 6) is -3.17. The van der Waals surface area contributed by atoms with Crippen molar-refractivity contribution in [2.24, 2.45) is 0 Å². The maximum Gasteiger partial charge on any atom is 0.344 e. The lowest BCUT2D eigenvalue weighted by molar-refractivity contribution is -0.144. The number of carboxylic acids is 1. The van der Waals surface area contributed by atoms with Gasteiger partial charge in [0.2, 0.25) is 5.91 Å². The van der Waals surface area contributed by atoms with Crippen molar-refractivity contribution in [2.75, 3.05) is 19.0 Å². The molecule has 0 spiro atoms. The molecule has 0 unspecified atom stereocenters. The molecule has 33 heavy (non-hydrogen) atoms. The van der Waals surface area contributed by atoms with E-state index in [1.165, 1.54) is 44.4 Å². The molecule has 1 aliphatic rings. The van der Waals surface area contributed by atoms with Crippen LogP contribution in [0.4, 0.5) is 14.9 Å². The Balaban J connectivity index is 1.81. The highest BCUT2D eigenvalue weighted by molar-refractivity contribution is 6.16. The molecule has 1 aliphatic heterocycles. The summed E-state index contributed by atoms with van der Waals surface area (Å²) in [6, 6.07) is 9.28. The monoisotopic (exact) mass is 457 g/mol. The molecule has 3 N–H and O–H groups in total. The molecule has 0 radical (unpaired) electrons. The third kappa shape index (κ3) is 5.26. The number of hydrogen-bond donors (Lipinski definition) is 3. The Morgan fingerprint density at radius 2 is 1.94 bits per heavy atom. The second-order valence-electron chi connectivity index (χ2n) is 6.88. The molecule has 1 saturated heterocycles. The first-order valence-electron chi connectivity index (χ1n) is 9.66. The van der Waals surface area contributed by atoms with Gasteiger partial charge in [0.1, 0.15) is 18.1 Å². The number of hydrogen-bond acceptors (Lipinski definition) is 6. The zero-order valence-corrected chi connectivity index (χ0v) is 17.6. The van der Waals surface area contributed by atoms with Crippen LogP contribution in [0, 0.1) is 5.82 Å². The van der Waals surface area contributed by atoms with Gasteiger partial charge in [-0.15, -0.1) is 0 Å². The minimum absolute atomic E-state index is 0.0557. The first-order valence-corrected chi connectivity index (χ1v) is 9.66. The Hall–Kier alpha value is -4.41. The van der Waals surface area contributed by atoms with Crippen LogP contribution >= 0.6 is 0 Å². The predicted octanol–water partition coefficient (Wildman–Crippen LogP) is 2.22. The number of rotatable bonds is 8. The number of urea groups is 1. The van der Waals surface area contributed by atoms with Crippen LogP contribution in [0.3, 0.4) is 0 Å². The van der Waals surface area contributed by atoms with E-state index in [0.717, 1.165) is 6.07 Å². The van der Waals surface area contributed by atoms with Gasteiger partial charge in [0.05, 0.1) is 12.8 Å². The Morgan fingerprint density at radius 1 is 1.21 bits per heavy atom. The van der Waals surface area contributed by atoms with Gasteiger partial charge in [-0.3, -0.25) is 9.59 Å². The molecule has 10 nitrogen and oxygen atoms in total. The highest BCUT2D eigenvalue weighted by Gasteiger charge is 2.35. The van der Waals surface area contributed by atoms with Crippen LogP contribution in [0.2, 0.25) is 0 Å². The first kappa shape index (κ1) is 23.3. The second kappa shape index (κ2) is 9.81. The number of amides is 4. The minimum Gasteiger partial charge on any atom is -0.493 e. The average molecular weight is 457 g/mol. The van der Waals surface area contributed by atoms with Crippen LogP contribution in [-0.4, -0.2) is 53.6 Å². The highest BCUT2D eigenvalue weighted by atomic mass is 19.1. The number of carboxylic acid groups (broad SMARTS) is 1. The molecule has 2 aromatic rings. The van der Waals surface area contributed by atoms with Crippen molar-refractivity contribution in [1.82, 2.24) is 10.2 Å². The number of ether oxygens (including phenoxy) is 2. The van der Waals surface area contributed by atoms with Crippen LogP contribution in [0.25, 0.3) is 6.08 Å². The predicted molar refractivity (Wildman–Crippen MR) is 114 cm³/mol. The van der Waals surface area contributed by atoms with E-state index in [2.05, 4.69) is 10.6 Å². The highest BCUT2D eigenvalue weighted by Crippen LogP contribution is 2.34. The van der Waals surface area contributed by atoms with E-state index in [9.17, 15) is 23.6 Å². The molecule has 2 aromatic carbocycles. The fraction of sp³-hybridized carbons (Fsp3) is 0.182. The smallest absolute Gasteiger partial charge is 0.344 e. The van der Waals surface area contributed by atoms with E-state index >= 15 is 0 Å². The number of nitrogens with one attached hydrogen (secondary N) is 2. The summed E-state index contributed by atoms with van der Waals surface area (Å²) in [5.41, 5.74) is 0.0135. The molecule has 1 fully saturated rings. The lowest BCUT2D eigenvalue weighted by Crippen LogP contribution is -2.38. The van der Waals surface area contributed by atoms with E-state index in [0.29, 0.717) is 4.90 Å². The Bertz CT molecular complexity index is 1150. The van der Waals surface area contributed by atoms with E-state index < -0.39 is 42.3 Å². The fourth-order valence-corrected chi connectivity index (χ4v) is 2.93. The van der Waals surface area contributed by atoms with Crippen molar-refractivity contribution in [3.8, 4) is 11.5 Å². The van der Waals surface area contributed by atoms with Crippen LogP contribution in [0.5, 0.6) is 11.5 Å². The average Bonchev–Trinajstić information content (AvgIpc) is 3.03. The van der Waals surface area contributed by atoms with Crippen molar-refractivity contribution in [3.63, 3.8) is 0 Å². The van der Waals surface area contributed by atoms with E-state index in [1.807, 2.05) is 0 Å². The molecule has 0 bridgehead atoms. The summed E-state index contributed by atoms with van der Waals surface area (Å²) in [6.07, 6.45) is 0.0624. The van der Waals surface area contributed by atoms with Gasteiger partial charge < -0.3 is 25.2 Å². The minimum atomic E-state index is -1.22.